The number of nitrogens with zero attached hydrogens (tertiary/aromatic N) is 3. The van der Waals surface area contributed by atoms with Gasteiger partial charge in [-0.15, -0.1) is 0 Å². The van der Waals surface area contributed by atoms with Crippen LogP contribution in [0.15, 0.2) is 24.4 Å². The lowest BCUT2D eigenvalue weighted by Gasteiger charge is -2.25. The molecule has 0 saturated carbocycles. The zero-order valence-corrected chi connectivity index (χ0v) is 16.4. The Kier molecular flexibility index (Phi) is 6.26. The number of carbonyl (C=O) groups is 1. The highest BCUT2D eigenvalue weighted by Crippen LogP contribution is 2.26. The monoisotopic (exact) mass is 390 g/mol. The number of carbonyl (C=O) groups excluding carboxylic acids is 1. The van der Waals surface area contributed by atoms with Crippen LogP contribution < -0.4 is 10.2 Å². The maximum absolute atomic E-state index is 13.1. The number of nitrogens with one attached hydrogen (secondary N) is 1. The van der Waals surface area contributed by atoms with Gasteiger partial charge in [-0.2, -0.15) is 0 Å². The summed E-state index contributed by atoms with van der Waals surface area (Å²) in [5.74, 6) is 0.240. The van der Waals surface area contributed by atoms with E-state index in [1.54, 1.807) is 6.07 Å². The lowest BCUT2D eigenvalue weighted by atomic mass is 9.86. The predicted molar refractivity (Wildman–Crippen MR) is 104 cm³/mol. The molecule has 0 saturated heterocycles. The van der Waals surface area contributed by atoms with Crippen LogP contribution >= 0.6 is 11.6 Å². The molecule has 3 rings (SSSR count). The molecule has 1 heterocycles. The topological polar surface area (TPSA) is 58.1 Å². The fourth-order valence-corrected chi connectivity index (χ4v) is 3.61. The quantitative estimate of drug-likeness (QED) is 0.819. The maximum Gasteiger partial charge on any atom is 0.225 e. The lowest BCUT2D eigenvalue weighted by Crippen LogP contribution is -2.34. The average Bonchev–Trinajstić information content (AvgIpc) is 2.67. The van der Waals surface area contributed by atoms with Crippen LogP contribution in [-0.4, -0.2) is 29.0 Å². The standard InChI is InChI=1S/C20H24ClFN4O/c1-3-26(4-2)20-24-12-15-9-13(6-8-18(15)25-20)19(27)23-11-14-5-7-16(22)10-17(14)21/h5,7,10,12-13H,3-4,6,8-9,11H2,1-2H3,(H,23,27). The summed E-state index contributed by atoms with van der Waals surface area (Å²) < 4.78 is 13.1. The molecule has 2 aromatic rings. The molecule has 144 valence electrons. The van der Waals surface area contributed by atoms with Crippen molar-refractivity contribution in [3.8, 4) is 0 Å². The van der Waals surface area contributed by atoms with E-state index in [9.17, 15) is 9.18 Å². The number of rotatable bonds is 6. The van der Waals surface area contributed by atoms with Crippen LogP contribution in [0.2, 0.25) is 5.02 Å². The van der Waals surface area contributed by atoms with E-state index < -0.39 is 0 Å². The first-order chi connectivity index (χ1) is 13.0. The van der Waals surface area contributed by atoms with Crippen molar-refractivity contribution in [2.45, 2.75) is 39.7 Å². The molecule has 1 amide bonds. The average molecular weight is 391 g/mol. The third-order valence-electron chi connectivity index (χ3n) is 5.02. The number of fused-ring (bicyclic) bond motifs is 1. The minimum absolute atomic E-state index is 0.0196. The molecule has 1 aromatic carbocycles. The zero-order chi connectivity index (χ0) is 19.4. The van der Waals surface area contributed by atoms with Gasteiger partial charge in [-0.1, -0.05) is 17.7 Å². The van der Waals surface area contributed by atoms with Gasteiger partial charge in [0.2, 0.25) is 11.9 Å². The van der Waals surface area contributed by atoms with E-state index in [1.165, 1.54) is 12.1 Å². The fourth-order valence-electron chi connectivity index (χ4n) is 3.37. The first-order valence-corrected chi connectivity index (χ1v) is 9.71. The summed E-state index contributed by atoms with van der Waals surface area (Å²) in [4.78, 5) is 23.8. The Balaban J connectivity index is 1.62. The van der Waals surface area contributed by atoms with Crippen molar-refractivity contribution in [1.82, 2.24) is 15.3 Å². The van der Waals surface area contributed by atoms with Crippen LogP contribution in [0, 0.1) is 11.7 Å². The van der Waals surface area contributed by atoms with Gasteiger partial charge in [0, 0.05) is 42.5 Å². The molecule has 27 heavy (non-hydrogen) atoms. The van der Waals surface area contributed by atoms with Gasteiger partial charge in [-0.25, -0.2) is 14.4 Å². The second kappa shape index (κ2) is 8.65. The zero-order valence-electron chi connectivity index (χ0n) is 15.6. The summed E-state index contributed by atoms with van der Waals surface area (Å²) in [6.07, 6.45) is 4.01. The Bertz CT molecular complexity index is 826. The van der Waals surface area contributed by atoms with Crippen molar-refractivity contribution in [1.29, 1.82) is 0 Å². The normalized spacial score (nSPS) is 15.9. The predicted octanol–water partition coefficient (Wildman–Crippen LogP) is 3.54. The molecule has 1 atom stereocenters. The summed E-state index contributed by atoms with van der Waals surface area (Å²) >= 11 is 6.02. The molecule has 1 aliphatic rings. The van der Waals surface area contributed by atoms with Crippen LogP contribution in [0.4, 0.5) is 10.3 Å². The van der Waals surface area contributed by atoms with Gasteiger partial charge in [0.05, 0.1) is 0 Å². The number of amides is 1. The number of aromatic nitrogens is 2. The van der Waals surface area contributed by atoms with Crippen LogP contribution in [-0.2, 0) is 24.2 Å². The molecule has 1 N–H and O–H groups in total. The molecule has 0 aliphatic heterocycles. The first-order valence-electron chi connectivity index (χ1n) is 9.33. The number of hydrogen-bond donors (Lipinski definition) is 1. The molecule has 1 unspecified atom stereocenters. The van der Waals surface area contributed by atoms with Crippen LogP contribution in [0.25, 0.3) is 0 Å². The molecule has 7 heteroatoms. The van der Waals surface area contributed by atoms with Crippen molar-refractivity contribution in [2.75, 3.05) is 18.0 Å². The van der Waals surface area contributed by atoms with E-state index in [4.69, 9.17) is 16.6 Å². The highest BCUT2D eigenvalue weighted by atomic mass is 35.5. The van der Waals surface area contributed by atoms with Gasteiger partial charge in [-0.3, -0.25) is 4.79 Å². The van der Waals surface area contributed by atoms with Gasteiger partial charge >= 0.3 is 0 Å². The minimum Gasteiger partial charge on any atom is -0.352 e. The van der Waals surface area contributed by atoms with Crippen molar-refractivity contribution in [3.05, 3.63) is 52.1 Å². The molecule has 0 fully saturated rings. The largest absolute Gasteiger partial charge is 0.352 e. The molecule has 0 radical (unpaired) electrons. The summed E-state index contributed by atoms with van der Waals surface area (Å²) in [7, 11) is 0. The molecule has 1 aromatic heterocycles. The third kappa shape index (κ3) is 4.56. The Hall–Kier alpha value is -2.21. The summed E-state index contributed by atoms with van der Waals surface area (Å²) in [6.45, 7) is 6.19. The molecular formula is C20H24ClFN4O. The molecule has 5 nitrogen and oxygen atoms in total. The second-order valence-electron chi connectivity index (χ2n) is 6.71. The first kappa shape index (κ1) is 19.5. The number of anilines is 1. The SMILES string of the molecule is CCN(CC)c1ncc2c(n1)CCC(C(=O)NCc1ccc(F)cc1Cl)C2. The van der Waals surface area contributed by atoms with Crippen molar-refractivity contribution in [2.24, 2.45) is 5.92 Å². The number of hydrogen-bond acceptors (Lipinski definition) is 4. The van der Waals surface area contributed by atoms with E-state index in [0.29, 0.717) is 23.6 Å². The number of halogens is 2. The van der Waals surface area contributed by atoms with Gasteiger partial charge < -0.3 is 10.2 Å². The van der Waals surface area contributed by atoms with Gasteiger partial charge in [0.25, 0.3) is 0 Å². The number of benzene rings is 1. The Morgan fingerprint density at radius 1 is 1.37 bits per heavy atom. The van der Waals surface area contributed by atoms with Crippen LogP contribution in [0.1, 0.15) is 37.1 Å². The minimum atomic E-state index is -0.386. The van der Waals surface area contributed by atoms with E-state index >= 15 is 0 Å². The molecule has 0 bridgehead atoms. The molecule has 0 spiro atoms. The van der Waals surface area contributed by atoms with Gasteiger partial charge in [-0.05, 0) is 56.4 Å². The van der Waals surface area contributed by atoms with Crippen LogP contribution in [0.5, 0.6) is 0 Å². The van der Waals surface area contributed by atoms with Crippen molar-refractivity contribution < 1.29 is 9.18 Å². The second-order valence-corrected chi connectivity index (χ2v) is 7.11. The Labute approximate surface area is 164 Å². The lowest BCUT2D eigenvalue weighted by molar-refractivity contribution is -0.125. The smallest absolute Gasteiger partial charge is 0.225 e. The third-order valence-corrected chi connectivity index (χ3v) is 5.37. The number of aryl methyl sites for hydroxylation is 1. The van der Waals surface area contributed by atoms with Gasteiger partial charge in [0.1, 0.15) is 5.82 Å². The van der Waals surface area contributed by atoms with Crippen molar-refractivity contribution >= 4 is 23.5 Å². The van der Waals surface area contributed by atoms with E-state index in [1.807, 2.05) is 6.20 Å². The van der Waals surface area contributed by atoms with Gasteiger partial charge in [0.15, 0.2) is 0 Å². The Morgan fingerprint density at radius 2 is 2.15 bits per heavy atom. The molecular weight excluding hydrogens is 367 g/mol. The molecule has 1 aliphatic carbocycles. The summed E-state index contributed by atoms with van der Waals surface area (Å²) in [5.41, 5.74) is 2.78. The maximum atomic E-state index is 13.1. The van der Waals surface area contributed by atoms with Crippen molar-refractivity contribution in [3.63, 3.8) is 0 Å². The van der Waals surface area contributed by atoms with E-state index in [2.05, 4.69) is 29.0 Å². The highest BCUT2D eigenvalue weighted by Gasteiger charge is 2.26. The van der Waals surface area contributed by atoms with E-state index in [0.717, 1.165) is 43.1 Å². The fraction of sp³-hybridized carbons (Fsp3) is 0.450. The highest BCUT2D eigenvalue weighted by molar-refractivity contribution is 6.31. The summed E-state index contributed by atoms with van der Waals surface area (Å²) in [6, 6.07) is 4.19. The van der Waals surface area contributed by atoms with Crippen LogP contribution in [0.3, 0.4) is 0 Å². The Morgan fingerprint density at radius 3 is 2.85 bits per heavy atom. The van der Waals surface area contributed by atoms with E-state index in [-0.39, 0.29) is 17.6 Å². The summed E-state index contributed by atoms with van der Waals surface area (Å²) in [5, 5.41) is 3.23.